The number of nitrogens with one attached hydrogen (secondary N) is 1. The SMILES string of the molecule is COC(=O)Cc1cc(F)cc(CNc2cc(-n3ccnc3)c3ccc(Cl)c(Cl)c3n2)c1. The minimum atomic E-state index is -0.433. The first kappa shape index (κ1) is 21.1. The average molecular weight is 459 g/mol. The second-order valence-electron chi connectivity index (χ2n) is 6.83. The van der Waals surface area contributed by atoms with Gasteiger partial charge in [-0.1, -0.05) is 29.3 Å². The Morgan fingerprint density at radius 3 is 2.74 bits per heavy atom. The van der Waals surface area contributed by atoms with Crippen LogP contribution >= 0.6 is 23.2 Å². The lowest BCUT2D eigenvalue weighted by molar-refractivity contribution is -0.139. The molecule has 2 heterocycles. The first-order chi connectivity index (χ1) is 14.9. The van der Waals surface area contributed by atoms with Crippen LogP contribution in [0.2, 0.25) is 10.0 Å². The summed E-state index contributed by atoms with van der Waals surface area (Å²) < 4.78 is 20.5. The summed E-state index contributed by atoms with van der Waals surface area (Å²) in [7, 11) is 1.30. The van der Waals surface area contributed by atoms with E-state index in [9.17, 15) is 9.18 Å². The Morgan fingerprint density at radius 2 is 2.00 bits per heavy atom. The van der Waals surface area contributed by atoms with Gasteiger partial charge >= 0.3 is 5.97 Å². The number of hydrogen-bond acceptors (Lipinski definition) is 5. The number of fused-ring (bicyclic) bond motifs is 1. The fourth-order valence-electron chi connectivity index (χ4n) is 3.27. The predicted molar refractivity (Wildman–Crippen MR) is 118 cm³/mol. The van der Waals surface area contributed by atoms with Gasteiger partial charge in [0.1, 0.15) is 11.6 Å². The molecule has 0 unspecified atom stereocenters. The summed E-state index contributed by atoms with van der Waals surface area (Å²) >= 11 is 12.6. The van der Waals surface area contributed by atoms with Gasteiger partial charge in [-0.15, -0.1) is 0 Å². The highest BCUT2D eigenvalue weighted by atomic mass is 35.5. The molecular formula is C22H17Cl2FN4O2. The summed E-state index contributed by atoms with van der Waals surface area (Å²) in [5.41, 5.74) is 2.54. The highest BCUT2D eigenvalue weighted by Gasteiger charge is 2.13. The molecule has 9 heteroatoms. The van der Waals surface area contributed by atoms with Gasteiger partial charge in [-0.2, -0.15) is 0 Å². The monoisotopic (exact) mass is 458 g/mol. The van der Waals surface area contributed by atoms with Gasteiger partial charge in [-0.25, -0.2) is 14.4 Å². The number of ether oxygens (including phenoxy) is 1. The zero-order chi connectivity index (χ0) is 22.0. The molecule has 0 bridgehead atoms. The number of aromatic nitrogens is 3. The molecule has 31 heavy (non-hydrogen) atoms. The van der Waals surface area contributed by atoms with E-state index < -0.39 is 11.8 Å². The molecular weight excluding hydrogens is 442 g/mol. The van der Waals surface area contributed by atoms with Gasteiger partial charge in [-0.3, -0.25) is 4.79 Å². The van der Waals surface area contributed by atoms with Crippen molar-refractivity contribution in [2.75, 3.05) is 12.4 Å². The minimum absolute atomic E-state index is 0.00559. The lowest BCUT2D eigenvalue weighted by Crippen LogP contribution is -2.07. The lowest BCUT2D eigenvalue weighted by atomic mass is 10.1. The maximum atomic E-state index is 14.0. The second kappa shape index (κ2) is 8.91. The van der Waals surface area contributed by atoms with Gasteiger partial charge in [0.05, 0.1) is 41.1 Å². The first-order valence-corrected chi connectivity index (χ1v) is 10.1. The maximum absolute atomic E-state index is 14.0. The molecule has 0 aliphatic carbocycles. The van der Waals surface area contributed by atoms with Crippen molar-refractivity contribution in [3.8, 4) is 5.69 Å². The summed E-state index contributed by atoms with van der Waals surface area (Å²) in [6.45, 7) is 0.284. The number of rotatable bonds is 6. The fourth-order valence-corrected chi connectivity index (χ4v) is 3.63. The van der Waals surface area contributed by atoms with Crippen molar-refractivity contribution >= 4 is 45.9 Å². The van der Waals surface area contributed by atoms with Gasteiger partial charge < -0.3 is 14.6 Å². The summed E-state index contributed by atoms with van der Waals surface area (Å²) in [5, 5.41) is 4.74. The summed E-state index contributed by atoms with van der Waals surface area (Å²) in [6.07, 6.45) is 5.15. The van der Waals surface area contributed by atoms with E-state index in [0.29, 0.717) is 32.5 Å². The number of anilines is 1. The average Bonchev–Trinajstić information content (AvgIpc) is 3.29. The largest absolute Gasteiger partial charge is 0.469 e. The van der Waals surface area contributed by atoms with Crippen LogP contribution in [0, 0.1) is 5.82 Å². The van der Waals surface area contributed by atoms with Crippen LogP contribution < -0.4 is 5.32 Å². The normalized spacial score (nSPS) is 11.0. The molecule has 0 atom stereocenters. The topological polar surface area (TPSA) is 69.0 Å². The number of esters is 1. The number of carbonyl (C=O) groups is 1. The Kier molecular flexibility index (Phi) is 6.06. The van der Waals surface area contributed by atoms with Crippen molar-refractivity contribution in [2.45, 2.75) is 13.0 Å². The standard InChI is InChI=1S/C22H17Cl2FN4O2/c1-31-20(30)9-13-6-14(8-15(25)7-13)11-27-19-10-18(29-5-4-26-12-29)16-2-3-17(23)21(24)22(16)28-19/h2-8,10,12H,9,11H2,1H3,(H,27,28). The number of pyridine rings is 1. The zero-order valence-corrected chi connectivity index (χ0v) is 17.9. The molecule has 4 aromatic rings. The molecule has 2 aromatic carbocycles. The fraction of sp³-hybridized carbons (Fsp3) is 0.136. The van der Waals surface area contributed by atoms with Gasteiger partial charge in [0.15, 0.2) is 0 Å². The van der Waals surface area contributed by atoms with Crippen LogP contribution in [0.15, 0.2) is 55.1 Å². The van der Waals surface area contributed by atoms with E-state index in [2.05, 4.69) is 20.0 Å². The number of carbonyl (C=O) groups excluding carboxylic acids is 1. The Balaban J connectivity index is 1.68. The molecule has 0 aliphatic heterocycles. The molecule has 158 valence electrons. The number of halogens is 3. The van der Waals surface area contributed by atoms with Crippen LogP contribution in [-0.2, 0) is 22.5 Å². The van der Waals surface area contributed by atoms with E-state index in [0.717, 1.165) is 11.1 Å². The third-order valence-electron chi connectivity index (χ3n) is 4.70. The summed E-state index contributed by atoms with van der Waals surface area (Å²) in [6, 6.07) is 9.87. The van der Waals surface area contributed by atoms with Crippen LogP contribution in [0.25, 0.3) is 16.6 Å². The van der Waals surface area contributed by atoms with Crippen molar-refractivity contribution < 1.29 is 13.9 Å². The Hall–Kier alpha value is -3.16. The second-order valence-corrected chi connectivity index (χ2v) is 7.61. The third-order valence-corrected chi connectivity index (χ3v) is 5.49. The van der Waals surface area contributed by atoms with Crippen LogP contribution in [0.1, 0.15) is 11.1 Å². The van der Waals surface area contributed by atoms with E-state index in [-0.39, 0.29) is 13.0 Å². The lowest BCUT2D eigenvalue weighted by Gasteiger charge is -2.14. The highest BCUT2D eigenvalue weighted by molar-refractivity contribution is 6.45. The van der Waals surface area contributed by atoms with Gasteiger partial charge in [0.2, 0.25) is 0 Å². The van der Waals surface area contributed by atoms with Crippen molar-refractivity contribution in [3.63, 3.8) is 0 Å². The molecule has 0 aliphatic rings. The van der Waals surface area contributed by atoms with Crippen LogP contribution in [0.4, 0.5) is 10.2 Å². The molecule has 4 rings (SSSR count). The van der Waals surface area contributed by atoms with Gasteiger partial charge in [0.25, 0.3) is 0 Å². The van der Waals surface area contributed by atoms with Crippen LogP contribution in [-0.4, -0.2) is 27.6 Å². The highest BCUT2D eigenvalue weighted by Crippen LogP contribution is 2.34. The van der Waals surface area contributed by atoms with E-state index in [1.165, 1.54) is 19.2 Å². The van der Waals surface area contributed by atoms with E-state index >= 15 is 0 Å². The smallest absolute Gasteiger partial charge is 0.309 e. The molecule has 0 saturated heterocycles. The zero-order valence-electron chi connectivity index (χ0n) is 16.4. The summed E-state index contributed by atoms with van der Waals surface area (Å²) in [5.74, 6) is -0.338. The van der Waals surface area contributed by atoms with E-state index in [1.807, 2.05) is 22.9 Å². The third kappa shape index (κ3) is 4.62. The molecule has 0 fully saturated rings. The number of methoxy groups -OCH3 is 1. The number of imidazole rings is 1. The minimum Gasteiger partial charge on any atom is -0.469 e. The maximum Gasteiger partial charge on any atom is 0.309 e. The molecule has 0 amide bonds. The van der Waals surface area contributed by atoms with Crippen molar-refractivity contribution in [2.24, 2.45) is 0 Å². The molecule has 0 radical (unpaired) electrons. The predicted octanol–water partition coefficient (Wildman–Crippen LogP) is 5.19. The first-order valence-electron chi connectivity index (χ1n) is 9.30. The number of benzene rings is 2. The molecule has 1 N–H and O–H groups in total. The van der Waals surface area contributed by atoms with Crippen LogP contribution in [0.5, 0.6) is 0 Å². The van der Waals surface area contributed by atoms with E-state index in [1.54, 1.807) is 24.7 Å². The van der Waals surface area contributed by atoms with Gasteiger partial charge in [0, 0.05) is 30.4 Å². The molecule has 0 saturated carbocycles. The molecule has 2 aromatic heterocycles. The number of nitrogens with zero attached hydrogens (tertiary/aromatic N) is 3. The quantitative estimate of drug-likeness (QED) is 0.402. The Bertz CT molecular complexity index is 1260. The van der Waals surface area contributed by atoms with Crippen LogP contribution in [0.3, 0.4) is 0 Å². The Labute approximate surface area is 187 Å². The molecule has 0 spiro atoms. The van der Waals surface area contributed by atoms with Crippen molar-refractivity contribution in [1.82, 2.24) is 14.5 Å². The number of hydrogen-bond donors (Lipinski definition) is 1. The van der Waals surface area contributed by atoms with Crippen molar-refractivity contribution in [1.29, 1.82) is 0 Å². The van der Waals surface area contributed by atoms with Crippen molar-refractivity contribution in [3.05, 3.63) is 82.1 Å². The summed E-state index contributed by atoms with van der Waals surface area (Å²) in [4.78, 5) is 20.2. The van der Waals surface area contributed by atoms with E-state index in [4.69, 9.17) is 23.2 Å². The van der Waals surface area contributed by atoms with Gasteiger partial charge in [-0.05, 0) is 35.4 Å². The molecule has 6 nitrogen and oxygen atoms in total. The Morgan fingerprint density at radius 1 is 1.19 bits per heavy atom.